The third-order valence-corrected chi connectivity index (χ3v) is 5.33. The summed E-state index contributed by atoms with van der Waals surface area (Å²) in [5.74, 6) is -1.16. The van der Waals surface area contributed by atoms with Crippen LogP contribution in [0.1, 0.15) is 28.5 Å². The quantitative estimate of drug-likeness (QED) is 0.564. The maximum Gasteiger partial charge on any atom is 0.419 e. The summed E-state index contributed by atoms with van der Waals surface area (Å²) in [6.07, 6.45) is 0.0102. The average molecular weight is 463 g/mol. The van der Waals surface area contributed by atoms with Crippen molar-refractivity contribution in [2.24, 2.45) is 0 Å². The molecule has 12 heteroatoms. The predicted molar refractivity (Wildman–Crippen MR) is 111 cm³/mol. The third kappa shape index (κ3) is 5.11. The maximum absolute atomic E-state index is 14.4. The van der Waals surface area contributed by atoms with Gasteiger partial charge >= 0.3 is 6.18 Å². The fourth-order valence-electron chi connectivity index (χ4n) is 3.78. The smallest absolute Gasteiger partial charge is 0.333 e. The number of H-pyrrole nitrogens is 1. The number of alkyl halides is 3. The molecule has 1 saturated heterocycles. The molecule has 2 aromatic heterocycles. The van der Waals surface area contributed by atoms with Crippen molar-refractivity contribution in [1.29, 1.82) is 0 Å². The molecule has 1 aliphatic heterocycles. The molecule has 3 aromatic rings. The van der Waals surface area contributed by atoms with Gasteiger partial charge in [0.05, 0.1) is 23.0 Å². The van der Waals surface area contributed by atoms with E-state index in [1.165, 1.54) is 4.90 Å². The fraction of sp³-hybridized carbons (Fsp3) is 0.333. The second kappa shape index (κ2) is 9.14. The van der Waals surface area contributed by atoms with Crippen molar-refractivity contribution < 1.29 is 22.4 Å². The summed E-state index contributed by atoms with van der Waals surface area (Å²) >= 11 is 0. The molecule has 174 valence electrons. The number of anilines is 2. The Kier molecular flexibility index (Phi) is 6.27. The highest BCUT2D eigenvalue weighted by Crippen LogP contribution is 2.33. The van der Waals surface area contributed by atoms with Crippen molar-refractivity contribution in [3.05, 3.63) is 65.5 Å². The SMILES string of the molecule is C[C@@H]1CN(Cc2cncc(Nc3cc[nH]n3)n2)CCN1C(=O)c1cccc(C(F)(F)F)c1F. The van der Waals surface area contributed by atoms with Crippen LogP contribution in [0.2, 0.25) is 0 Å². The molecule has 0 spiro atoms. The molecule has 3 heterocycles. The van der Waals surface area contributed by atoms with Crippen LogP contribution in [0.5, 0.6) is 0 Å². The number of hydrogen-bond donors (Lipinski definition) is 2. The predicted octanol–water partition coefficient (Wildman–Crippen LogP) is 3.45. The monoisotopic (exact) mass is 463 g/mol. The Morgan fingerprint density at radius 2 is 2.03 bits per heavy atom. The van der Waals surface area contributed by atoms with Gasteiger partial charge in [-0.05, 0) is 19.1 Å². The van der Waals surface area contributed by atoms with Gasteiger partial charge in [-0.2, -0.15) is 18.3 Å². The van der Waals surface area contributed by atoms with Crippen LogP contribution < -0.4 is 5.32 Å². The van der Waals surface area contributed by atoms with Gasteiger partial charge in [-0.3, -0.25) is 19.8 Å². The summed E-state index contributed by atoms with van der Waals surface area (Å²) in [5.41, 5.74) is -1.32. The number of aromatic amines is 1. The van der Waals surface area contributed by atoms with Gasteiger partial charge in [0.15, 0.2) is 5.82 Å². The summed E-state index contributed by atoms with van der Waals surface area (Å²) in [6.45, 7) is 3.39. The molecule has 1 aromatic carbocycles. The van der Waals surface area contributed by atoms with Crippen LogP contribution in [0.4, 0.5) is 29.2 Å². The van der Waals surface area contributed by atoms with E-state index in [4.69, 9.17) is 0 Å². The Bertz CT molecular complexity index is 1120. The molecule has 0 saturated carbocycles. The summed E-state index contributed by atoms with van der Waals surface area (Å²) in [4.78, 5) is 25.0. The highest BCUT2D eigenvalue weighted by Gasteiger charge is 2.37. The zero-order chi connectivity index (χ0) is 23.6. The lowest BCUT2D eigenvalue weighted by atomic mass is 10.1. The minimum atomic E-state index is -4.87. The average Bonchev–Trinajstić information content (AvgIpc) is 3.26. The number of amides is 1. The van der Waals surface area contributed by atoms with Crippen LogP contribution in [0.3, 0.4) is 0 Å². The molecule has 0 unspecified atom stereocenters. The van der Waals surface area contributed by atoms with E-state index in [2.05, 4.69) is 30.4 Å². The van der Waals surface area contributed by atoms with Gasteiger partial charge in [-0.15, -0.1) is 0 Å². The number of aromatic nitrogens is 4. The number of nitrogens with one attached hydrogen (secondary N) is 2. The first-order valence-corrected chi connectivity index (χ1v) is 10.2. The standard InChI is InChI=1S/C21H21F4N7O/c1-13-11-31(12-14-9-26-10-18(28-14)29-17-5-6-27-30-17)7-8-32(13)20(33)15-3-2-4-16(19(15)22)21(23,24)25/h2-6,9-10,13H,7-8,11-12H2,1H3,(H2,27,28,29,30)/t13-/m1/s1. The molecular weight excluding hydrogens is 442 g/mol. The summed E-state index contributed by atoms with van der Waals surface area (Å²) in [6, 6.07) is 4.17. The van der Waals surface area contributed by atoms with Gasteiger partial charge in [-0.1, -0.05) is 6.07 Å². The number of halogens is 4. The van der Waals surface area contributed by atoms with Crippen LogP contribution >= 0.6 is 0 Å². The largest absolute Gasteiger partial charge is 0.419 e. The van der Waals surface area contributed by atoms with Gasteiger partial charge in [0.1, 0.15) is 11.6 Å². The molecule has 1 amide bonds. The third-order valence-electron chi connectivity index (χ3n) is 5.33. The van der Waals surface area contributed by atoms with Gasteiger partial charge in [0.25, 0.3) is 5.91 Å². The first-order valence-electron chi connectivity index (χ1n) is 10.2. The van der Waals surface area contributed by atoms with E-state index in [0.29, 0.717) is 43.0 Å². The number of rotatable bonds is 5. The molecule has 1 atom stereocenters. The number of carbonyl (C=O) groups is 1. The van der Waals surface area contributed by atoms with E-state index in [1.54, 1.807) is 31.6 Å². The topological polar surface area (TPSA) is 90.0 Å². The van der Waals surface area contributed by atoms with E-state index in [-0.39, 0.29) is 12.6 Å². The molecule has 2 N–H and O–H groups in total. The fourth-order valence-corrected chi connectivity index (χ4v) is 3.78. The number of carbonyl (C=O) groups excluding carboxylic acids is 1. The first-order chi connectivity index (χ1) is 15.7. The van der Waals surface area contributed by atoms with Crippen LogP contribution in [-0.4, -0.2) is 61.5 Å². The minimum Gasteiger partial charge on any atom is -0.333 e. The maximum atomic E-state index is 14.4. The first kappa shape index (κ1) is 22.6. The lowest BCUT2D eigenvalue weighted by Gasteiger charge is -2.39. The van der Waals surface area contributed by atoms with E-state index >= 15 is 0 Å². The minimum absolute atomic E-state index is 0.244. The van der Waals surface area contributed by atoms with Crippen molar-refractivity contribution in [3.63, 3.8) is 0 Å². The molecule has 8 nitrogen and oxygen atoms in total. The Morgan fingerprint density at radius 1 is 1.21 bits per heavy atom. The normalized spacial score (nSPS) is 17.2. The second-order valence-corrected chi connectivity index (χ2v) is 7.73. The lowest BCUT2D eigenvalue weighted by Crippen LogP contribution is -2.53. The Balaban J connectivity index is 1.41. The molecule has 0 radical (unpaired) electrons. The number of benzene rings is 1. The molecule has 0 aliphatic carbocycles. The van der Waals surface area contributed by atoms with Crippen LogP contribution in [0.25, 0.3) is 0 Å². The summed E-state index contributed by atoms with van der Waals surface area (Å²) < 4.78 is 53.5. The zero-order valence-corrected chi connectivity index (χ0v) is 17.6. The van der Waals surface area contributed by atoms with Crippen molar-refractivity contribution in [1.82, 2.24) is 30.0 Å². The van der Waals surface area contributed by atoms with E-state index in [0.717, 1.165) is 12.1 Å². The van der Waals surface area contributed by atoms with Gasteiger partial charge in [-0.25, -0.2) is 9.37 Å². The van der Waals surface area contributed by atoms with Gasteiger partial charge < -0.3 is 10.2 Å². The molecule has 1 fully saturated rings. The number of nitrogens with zero attached hydrogens (tertiary/aromatic N) is 5. The zero-order valence-electron chi connectivity index (χ0n) is 17.6. The highest BCUT2D eigenvalue weighted by atomic mass is 19.4. The van der Waals surface area contributed by atoms with E-state index in [1.807, 2.05) is 0 Å². The van der Waals surface area contributed by atoms with Crippen molar-refractivity contribution >= 4 is 17.5 Å². The van der Waals surface area contributed by atoms with Crippen molar-refractivity contribution in [3.8, 4) is 0 Å². The molecule has 33 heavy (non-hydrogen) atoms. The highest BCUT2D eigenvalue weighted by molar-refractivity contribution is 5.95. The Hall–Kier alpha value is -3.54. The Morgan fingerprint density at radius 3 is 2.73 bits per heavy atom. The van der Waals surface area contributed by atoms with E-state index in [9.17, 15) is 22.4 Å². The molecule has 1 aliphatic rings. The molecular formula is C21H21F4N7O. The number of hydrogen-bond acceptors (Lipinski definition) is 6. The second-order valence-electron chi connectivity index (χ2n) is 7.73. The molecule has 4 rings (SSSR count). The van der Waals surface area contributed by atoms with Crippen molar-refractivity contribution in [2.45, 2.75) is 25.7 Å². The van der Waals surface area contributed by atoms with E-state index < -0.39 is 29.0 Å². The van der Waals surface area contributed by atoms with Crippen molar-refractivity contribution in [2.75, 3.05) is 25.0 Å². The summed E-state index contributed by atoms with van der Waals surface area (Å²) in [5, 5.41) is 9.72. The lowest BCUT2D eigenvalue weighted by molar-refractivity contribution is -0.140. The van der Waals surface area contributed by atoms with Gasteiger partial charge in [0.2, 0.25) is 0 Å². The number of piperazine rings is 1. The summed E-state index contributed by atoms with van der Waals surface area (Å²) in [7, 11) is 0. The van der Waals surface area contributed by atoms with Crippen LogP contribution in [0.15, 0.2) is 42.9 Å². The van der Waals surface area contributed by atoms with Crippen LogP contribution in [-0.2, 0) is 12.7 Å². The van der Waals surface area contributed by atoms with Crippen LogP contribution in [0, 0.1) is 5.82 Å². The molecule has 0 bridgehead atoms. The van der Waals surface area contributed by atoms with Gasteiger partial charge in [0, 0.05) is 50.7 Å². The Labute approximate surface area is 186 Å².